The number of ether oxygens (including phenoxy) is 1. The predicted molar refractivity (Wildman–Crippen MR) is 101 cm³/mol. The molecule has 0 fully saturated rings. The maximum atomic E-state index is 13.2. The minimum Gasteiger partial charge on any atom is -0.484 e. The summed E-state index contributed by atoms with van der Waals surface area (Å²) < 4.78 is 18.7. The van der Waals surface area contributed by atoms with Crippen LogP contribution in [0.15, 0.2) is 66.0 Å². The molecular formula is C20H17FN2O3S. The van der Waals surface area contributed by atoms with Gasteiger partial charge in [0.1, 0.15) is 11.6 Å². The van der Waals surface area contributed by atoms with Crippen molar-refractivity contribution in [3.8, 4) is 5.75 Å². The van der Waals surface area contributed by atoms with E-state index in [-0.39, 0.29) is 24.4 Å². The highest BCUT2D eigenvalue weighted by molar-refractivity contribution is 7.10. The molecule has 0 aliphatic carbocycles. The largest absolute Gasteiger partial charge is 0.484 e. The van der Waals surface area contributed by atoms with Gasteiger partial charge >= 0.3 is 0 Å². The second-order valence-corrected chi connectivity index (χ2v) is 6.72. The van der Waals surface area contributed by atoms with E-state index in [1.807, 2.05) is 17.5 Å². The van der Waals surface area contributed by atoms with Crippen molar-refractivity contribution in [1.82, 2.24) is 5.32 Å². The summed E-state index contributed by atoms with van der Waals surface area (Å²) >= 11 is 1.50. The van der Waals surface area contributed by atoms with E-state index in [4.69, 9.17) is 10.5 Å². The molecule has 0 saturated carbocycles. The van der Waals surface area contributed by atoms with Gasteiger partial charge in [-0.3, -0.25) is 9.59 Å². The van der Waals surface area contributed by atoms with Crippen molar-refractivity contribution < 1.29 is 18.7 Å². The first-order chi connectivity index (χ1) is 13.0. The van der Waals surface area contributed by atoms with Gasteiger partial charge in [0.2, 0.25) is 5.91 Å². The molecule has 0 aliphatic rings. The molecular weight excluding hydrogens is 367 g/mol. The zero-order valence-corrected chi connectivity index (χ0v) is 15.0. The van der Waals surface area contributed by atoms with E-state index in [1.165, 1.54) is 35.6 Å². The molecule has 2 amide bonds. The van der Waals surface area contributed by atoms with Crippen molar-refractivity contribution in [2.75, 3.05) is 6.61 Å². The van der Waals surface area contributed by atoms with Gasteiger partial charge in [-0.1, -0.05) is 18.2 Å². The summed E-state index contributed by atoms with van der Waals surface area (Å²) in [7, 11) is 0. The Morgan fingerprint density at radius 2 is 1.78 bits per heavy atom. The fraction of sp³-hybridized carbons (Fsp3) is 0.100. The summed E-state index contributed by atoms with van der Waals surface area (Å²) in [5.74, 6) is -0.739. The predicted octanol–water partition coefficient (Wildman–Crippen LogP) is 3.27. The second-order valence-electron chi connectivity index (χ2n) is 5.74. The van der Waals surface area contributed by atoms with E-state index in [2.05, 4.69) is 5.32 Å². The van der Waals surface area contributed by atoms with Crippen molar-refractivity contribution in [3.63, 3.8) is 0 Å². The second kappa shape index (κ2) is 8.46. The van der Waals surface area contributed by atoms with E-state index in [0.29, 0.717) is 11.3 Å². The maximum absolute atomic E-state index is 13.2. The molecule has 7 heteroatoms. The van der Waals surface area contributed by atoms with E-state index in [0.717, 1.165) is 10.4 Å². The van der Waals surface area contributed by atoms with Crippen molar-refractivity contribution >= 4 is 23.2 Å². The van der Waals surface area contributed by atoms with Crippen molar-refractivity contribution in [1.29, 1.82) is 0 Å². The SMILES string of the molecule is NC(=O)c1ccc(OCC(=O)N[C@@H](c2ccc(F)cc2)c2cccs2)cc1. The quantitative estimate of drug-likeness (QED) is 0.656. The molecule has 138 valence electrons. The molecule has 2 aromatic carbocycles. The Kier molecular flexibility index (Phi) is 5.83. The van der Waals surface area contributed by atoms with E-state index in [1.54, 1.807) is 24.3 Å². The third-order valence-electron chi connectivity index (χ3n) is 3.85. The van der Waals surface area contributed by atoms with Gasteiger partial charge in [0.25, 0.3) is 5.91 Å². The third kappa shape index (κ3) is 4.92. The third-order valence-corrected chi connectivity index (χ3v) is 4.78. The molecule has 3 rings (SSSR count). The van der Waals surface area contributed by atoms with Crippen LogP contribution in [0.25, 0.3) is 0 Å². The summed E-state index contributed by atoms with van der Waals surface area (Å²) in [6.45, 7) is -0.195. The molecule has 1 heterocycles. The number of amides is 2. The summed E-state index contributed by atoms with van der Waals surface area (Å²) in [5.41, 5.74) is 6.32. The molecule has 27 heavy (non-hydrogen) atoms. The number of carbonyl (C=O) groups excluding carboxylic acids is 2. The lowest BCUT2D eigenvalue weighted by Gasteiger charge is -2.18. The average molecular weight is 384 g/mol. The molecule has 0 aliphatic heterocycles. The number of hydrogen-bond acceptors (Lipinski definition) is 4. The zero-order valence-electron chi connectivity index (χ0n) is 14.2. The molecule has 0 unspecified atom stereocenters. The van der Waals surface area contributed by atoms with E-state index < -0.39 is 5.91 Å². The number of halogens is 1. The zero-order chi connectivity index (χ0) is 19.2. The first-order valence-electron chi connectivity index (χ1n) is 8.14. The number of primary amides is 1. The van der Waals surface area contributed by atoms with Crippen LogP contribution in [-0.4, -0.2) is 18.4 Å². The summed E-state index contributed by atoms with van der Waals surface area (Å²) in [4.78, 5) is 24.4. The van der Waals surface area contributed by atoms with Crippen LogP contribution in [0.5, 0.6) is 5.75 Å². The summed E-state index contributed by atoms with van der Waals surface area (Å²) in [5, 5.41) is 4.82. The van der Waals surface area contributed by atoms with Gasteiger partial charge in [0.05, 0.1) is 6.04 Å². The van der Waals surface area contributed by atoms with Crippen LogP contribution in [-0.2, 0) is 4.79 Å². The summed E-state index contributed by atoms with van der Waals surface area (Å²) in [6, 6.07) is 15.6. The van der Waals surface area contributed by atoms with Gasteiger partial charge in [-0.2, -0.15) is 0 Å². The molecule has 0 radical (unpaired) electrons. The lowest BCUT2D eigenvalue weighted by atomic mass is 10.1. The first-order valence-corrected chi connectivity index (χ1v) is 9.02. The van der Waals surface area contributed by atoms with Crippen molar-refractivity contribution in [2.45, 2.75) is 6.04 Å². The number of nitrogens with two attached hydrogens (primary N) is 1. The lowest BCUT2D eigenvalue weighted by Crippen LogP contribution is -2.32. The minimum absolute atomic E-state index is 0.195. The molecule has 3 aromatic rings. The topological polar surface area (TPSA) is 81.4 Å². The summed E-state index contributed by atoms with van der Waals surface area (Å²) in [6.07, 6.45) is 0. The van der Waals surface area contributed by atoms with Gasteiger partial charge in [0.15, 0.2) is 6.61 Å². The van der Waals surface area contributed by atoms with Crippen LogP contribution < -0.4 is 15.8 Å². The number of nitrogens with one attached hydrogen (secondary N) is 1. The highest BCUT2D eigenvalue weighted by Gasteiger charge is 2.18. The van der Waals surface area contributed by atoms with Crippen LogP contribution in [0.2, 0.25) is 0 Å². The minimum atomic E-state index is -0.530. The standard InChI is InChI=1S/C20H17FN2O3S/c21-15-7-3-13(4-8-15)19(17-2-1-11-27-17)23-18(24)12-26-16-9-5-14(6-10-16)20(22)25/h1-11,19H,12H2,(H2,22,25)(H,23,24)/t19-/m0/s1. The van der Waals surface area contributed by atoms with Gasteiger partial charge in [0, 0.05) is 10.4 Å². The Balaban J connectivity index is 1.66. The molecule has 0 saturated heterocycles. The van der Waals surface area contributed by atoms with Crippen molar-refractivity contribution in [2.24, 2.45) is 5.73 Å². The van der Waals surface area contributed by atoms with Crippen LogP contribution in [0.4, 0.5) is 4.39 Å². The van der Waals surface area contributed by atoms with Gasteiger partial charge < -0.3 is 15.8 Å². The van der Waals surface area contributed by atoms with Gasteiger partial charge in [-0.25, -0.2) is 4.39 Å². The van der Waals surface area contributed by atoms with Gasteiger partial charge in [-0.15, -0.1) is 11.3 Å². The number of carbonyl (C=O) groups is 2. The Labute approximate surface area is 159 Å². The Morgan fingerprint density at radius 1 is 1.07 bits per heavy atom. The number of rotatable bonds is 7. The lowest BCUT2D eigenvalue weighted by molar-refractivity contribution is -0.123. The van der Waals surface area contributed by atoms with E-state index in [9.17, 15) is 14.0 Å². The molecule has 0 spiro atoms. The molecule has 1 aromatic heterocycles. The van der Waals surface area contributed by atoms with Crippen molar-refractivity contribution in [3.05, 3.63) is 87.9 Å². The molecule has 5 nitrogen and oxygen atoms in total. The monoisotopic (exact) mass is 384 g/mol. The van der Waals surface area contributed by atoms with E-state index >= 15 is 0 Å². The first kappa shape index (κ1) is 18.6. The fourth-order valence-electron chi connectivity index (χ4n) is 2.50. The highest BCUT2D eigenvalue weighted by atomic mass is 32.1. The maximum Gasteiger partial charge on any atom is 0.258 e. The Bertz CT molecular complexity index is 909. The normalized spacial score (nSPS) is 11.6. The molecule has 1 atom stereocenters. The average Bonchev–Trinajstić information content (AvgIpc) is 3.20. The molecule has 3 N–H and O–H groups in total. The highest BCUT2D eigenvalue weighted by Crippen LogP contribution is 2.26. The van der Waals surface area contributed by atoms with Crippen LogP contribution in [0.3, 0.4) is 0 Å². The smallest absolute Gasteiger partial charge is 0.258 e. The number of thiophene rings is 1. The Morgan fingerprint density at radius 3 is 2.37 bits per heavy atom. The van der Waals surface area contributed by atoms with Crippen LogP contribution in [0, 0.1) is 5.82 Å². The number of benzene rings is 2. The number of hydrogen-bond donors (Lipinski definition) is 2. The van der Waals surface area contributed by atoms with Crippen LogP contribution >= 0.6 is 11.3 Å². The molecule has 0 bridgehead atoms. The Hall–Kier alpha value is -3.19. The van der Waals surface area contributed by atoms with Gasteiger partial charge in [-0.05, 0) is 53.4 Å². The fourth-order valence-corrected chi connectivity index (χ4v) is 3.30. The van der Waals surface area contributed by atoms with Crippen LogP contribution in [0.1, 0.15) is 26.8 Å².